The van der Waals surface area contributed by atoms with Crippen molar-refractivity contribution in [1.82, 2.24) is 9.88 Å². The molecule has 1 aromatic heterocycles. The van der Waals surface area contributed by atoms with E-state index in [1.54, 1.807) is 12.3 Å². The van der Waals surface area contributed by atoms with Crippen molar-refractivity contribution in [3.8, 4) is 6.07 Å². The highest BCUT2D eigenvalue weighted by molar-refractivity contribution is 7.99. The Morgan fingerprint density at radius 2 is 2.09 bits per heavy atom. The van der Waals surface area contributed by atoms with E-state index in [1.807, 2.05) is 23.9 Å². The largest absolute Gasteiger partial charge is 0.340 e. The van der Waals surface area contributed by atoms with E-state index < -0.39 is 0 Å². The topological polar surface area (TPSA) is 52.0 Å². The molecule has 0 aliphatic carbocycles. The smallest absolute Gasteiger partial charge is 0.130 e. The monoisotopic (exact) mass is 310 g/mol. The van der Waals surface area contributed by atoms with Crippen molar-refractivity contribution < 1.29 is 0 Å². The van der Waals surface area contributed by atoms with Crippen LogP contribution < -0.4 is 5.32 Å². The van der Waals surface area contributed by atoms with Gasteiger partial charge in [0.05, 0.1) is 5.56 Å². The fourth-order valence-electron chi connectivity index (χ4n) is 2.45. The quantitative estimate of drug-likeness (QED) is 0.939. The first-order valence-electron chi connectivity index (χ1n) is 7.36. The van der Waals surface area contributed by atoms with Crippen LogP contribution in [-0.4, -0.2) is 34.5 Å². The van der Waals surface area contributed by atoms with Crippen molar-refractivity contribution in [2.45, 2.75) is 6.54 Å². The van der Waals surface area contributed by atoms with Crippen LogP contribution in [0.1, 0.15) is 11.1 Å². The first-order valence-corrected chi connectivity index (χ1v) is 8.51. The molecule has 0 amide bonds. The fourth-order valence-corrected chi connectivity index (χ4v) is 3.43. The third kappa shape index (κ3) is 4.00. The molecule has 0 spiro atoms. The third-order valence-corrected chi connectivity index (χ3v) is 4.54. The second kappa shape index (κ2) is 7.30. The van der Waals surface area contributed by atoms with Crippen LogP contribution in [0.2, 0.25) is 0 Å². The third-order valence-electron chi connectivity index (χ3n) is 3.60. The molecule has 0 bridgehead atoms. The fraction of sp³-hybridized carbons (Fsp3) is 0.294. The van der Waals surface area contributed by atoms with E-state index in [-0.39, 0.29) is 0 Å². The molecular formula is C17H18N4S. The van der Waals surface area contributed by atoms with E-state index in [0.29, 0.717) is 5.56 Å². The summed E-state index contributed by atoms with van der Waals surface area (Å²) in [5.41, 5.74) is 2.91. The van der Waals surface area contributed by atoms with E-state index in [1.165, 1.54) is 30.2 Å². The minimum atomic E-state index is 0.572. The van der Waals surface area contributed by atoms with Gasteiger partial charge in [0.15, 0.2) is 0 Å². The van der Waals surface area contributed by atoms with Gasteiger partial charge in [-0.05, 0) is 29.8 Å². The van der Waals surface area contributed by atoms with Crippen molar-refractivity contribution in [3.63, 3.8) is 0 Å². The van der Waals surface area contributed by atoms with Crippen molar-refractivity contribution in [2.75, 3.05) is 29.9 Å². The Labute approximate surface area is 135 Å². The molecule has 4 nitrogen and oxygen atoms in total. The average Bonchev–Trinajstić information content (AvgIpc) is 2.57. The molecule has 1 N–H and O–H groups in total. The van der Waals surface area contributed by atoms with E-state index in [0.717, 1.165) is 18.1 Å². The van der Waals surface area contributed by atoms with Crippen molar-refractivity contribution >= 4 is 23.3 Å². The number of thioether (sulfide) groups is 1. The van der Waals surface area contributed by atoms with Gasteiger partial charge in [-0.25, -0.2) is 4.98 Å². The lowest BCUT2D eigenvalue weighted by atomic mass is 10.2. The highest BCUT2D eigenvalue weighted by atomic mass is 32.2. The number of nitrogens with zero attached hydrogens (tertiary/aromatic N) is 3. The molecule has 1 fully saturated rings. The van der Waals surface area contributed by atoms with Crippen LogP contribution in [0.3, 0.4) is 0 Å². The van der Waals surface area contributed by atoms with Gasteiger partial charge in [-0.15, -0.1) is 0 Å². The lowest BCUT2D eigenvalue weighted by Gasteiger charge is -2.26. The molecule has 0 saturated carbocycles. The van der Waals surface area contributed by atoms with Crippen molar-refractivity contribution in [3.05, 3.63) is 53.7 Å². The average molecular weight is 310 g/mol. The summed E-state index contributed by atoms with van der Waals surface area (Å²) in [5, 5.41) is 12.1. The lowest BCUT2D eigenvalue weighted by molar-refractivity contribution is 0.294. The molecule has 5 heteroatoms. The predicted octanol–water partition coefficient (Wildman–Crippen LogP) is 3.25. The summed E-state index contributed by atoms with van der Waals surface area (Å²) >= 11 is 2.03. The zero-order valence-electron chi connectivity index (χ0n) is 12.3. The standard InChI is InChI=1S/C17H18N4S/c18-11-15-4-5-17(19-12-15)20-16-3-1-2-14(10-16)13-21-6-8-22-9-7-21/h1-5,10,12H,6-9,13H2,(H,19,20). The van der Waals surface area contributed by atoms with Crippen LogP contribution in [0.25, 0.3) is 0 Å². The molecule has 22 heavy (non-hydrogen) atoms. The number of nitrogens with one attached hydrogen (secondary N) is 1. The van der Waals surface area contributed by atoms with Crippen molar-refractivity contribution in [1.29, 1.82) is 5.26 Å². The summed E-state index contributed by atoms with van der Waals surface area (Å²) in [6, 6.07) is 14.1. The second-order valence-electron chi connectivity index (χ2n) is 5.26. The predicted molar refractivity (Wildman–Crippen MR) is 91.3 cm³/mol. The zero-order chi connectivity index (χ0) is 15.2. The van der Waals surface area contributed by atoms with E-state index in [2.05, 4.69) is 39.5 Å². The molecule has 2 aromatic rings. The summed E-state index contributed by atoms with van der Waals surface area (Å²) in [6.07, 6.45) is 1.58. The van der Waals surface area contributed by atoms with Gasteiger partial charge < -0.3 is 5.32 Å². The second-order valence-corrected chi connectivity index (χ2v) is 6.48. The van der Waals surface area contributed by atoms with Crippen LogP contribution in [0.5, 0.6) is 0 Å². The minimum absolute atomic E-state index is 0.572. The van der Waals surface area contributed by atoms with Gasteiger partial charge in [0.2, 0.25) is 0 Å². The lowest BCUT2D eigenvalue weighted by Crippen LogP contribution is -2.31. The number of hydrogen-bond donors (Lipinski definition) is 1. The minimum Gasteiger partial charge on any atom is -0.340 e. The van der Waals surface area contributed by atoms with Gasteiger partial charge in [-0.3, -0.25) is 4.90 Å². The summed E-state index contributed by atoms with van der Waals surface area (Å²) in [6.45, 7) is 3.33. The number of pyridine rings is 1. The van der Waals surface area contributed by atoms with Crippen molar-refractivity contribution in [2.24, 2.45) is 0 Å². The normalized spacial score (nSPS) is 15.2. The maximum atomic E-state index is 8.79. The molecule has 112 valence electrons. The number of benzene rings is 1. The first kappa shape index (κ1) is 14.9. The molecule has 2 heterocycles. The van der Waals surface area contributed by atoms with Gasteiger partial charge in [0.1, 0.15) is 11.9 Å². The molecule has 1 aromatic carbocycles. The molecule has 0 unspecified atom stereocenters. The molecule has 1 aliphatic rings. The Balaban J connectivity index is 1.66. The van der Waals surface area contributed by atoms with Gasteiger partial charge in [0, 0.05) is 43.0 Å². The van der Waals surface area contributed by atoms with Gasteiger partial charge >= 0.3 is 0 Å². The number of hydrogen-bond acceptors (Lipinski definition) is 5. The van der Waals surface area contributed by atoms with Crippen LogP contribution in [-0.2, 0) is 6.54 Å². The summed E-state index contributed by atoms with van der Waals surface area (Å²) < 4.78 is 0. The molecule has 1 saturated heterocycles. The van der Waals surface area contributed by atoms with Gasteiger partial charge in [-0.2, -0.15) is 17.0 Å². The zero-order valence-corrected chi connectivity index (χ0v) is 13.1. The highest BCUT2D eigenvalue weighted by Gasteiger charge is 2.10. The maximum absolute atomic E-state index is 8.79. The number of aromatic nitrogens is 1. The highest BCUT2D eigenvalue weighted by Crippen LogP contribution is 2.18. The van der Waals surface area contributed by atoms with Crippen LogP contribution >= 0.6 is 11.8 Å². The Bertz CT molecular complexity index is 657. The summed E-state index contributed by atoms with van der Waals surface area (Å²) in [4.78, 5) is 6.74. The van der Waals surface area contributed by atoms with Crippen LogP contribution in [0.4, 0.5) is 11.5 Å². The number of rotatable bonds is 4. The van der Waals surface area contributed by atoms with E-state index in [4.69, 9.17) is 5.26 Å². The Morgan fingerprint density at radius 3 is 2.82 bits per heavy atom. The molecule has 1 aliphatic heterocycles. The molecule has 0 radical (unpaired) electrons. The van der Waals surface area contributed by atoms with E-state index in [9.17, 15) is 0 Å². The van der Waals surface area contributed by atoms with Crippen LogP contribution in [0, 0.1) is 11.3 Å². The molecular weight excluding hydrogens is 292 g/mol. The summed E-state index contributed by atoms with van der Waals surface area (Å²) in [5.74, 6) is 3.21. The van der Waals surface area contributed by atoms with Gasteiger partial charge in [0.25, 0.3) is 0 Å². The Hall–Kier alpha value is -2.03. The Kier molecular flexibility index (Phi) is 4.94. The van der Waals surface area contributed by atoms with Gasteiger partial charge in [-0.1, -0.05) is 12.1 Å². The first-order chi connectivity index (χ1) is 10.8. The molecule has 3 rings (SSSR count). The maximum Gasteiger partial charge on any atom is 0.130 e. The van der Waals surface area contributed by atoms with E-state index >= 15 is 0 Å². The molecule has 0 atom stereocenters. The summed E-state index contributed by atoms with van der Waals surface area (Å²) in [7, 11) is 0. The SMILES string of the molecule is N#Cc1ccc(Nc2cccc(CN3CCSCC3)c2)nc1. The number of nitriles is 1. The van der Waals surface area contributed by atoms with Crippen LogP contribution in [0.15, 0.2) is 42.6 Å². The Morgan fingerprint density at radius 1 is 1.23 bits per heavy atom. The number of anilines is 2.